The molecule has 0 unspecified atom stereocenters. The van der Waals surface area contributed by atoms with Crippen LogP contribution in [0.5, 0.6) is 0 Å². The topological polar surface area (TPSA) is 80.0 Å². The number of thiophene rings is 1. The van der Waals surface area contributed by atoms with Crippen molar-refractivity contribution in [2.24, 2.45) is 0 Å². The van der Waals surface area contributed by atoms with Crippen LogP contribution in [-0.4, -0.2) is 16.2 Å². The molecule has 23 heavy (non-hydrogen) atoms. The molecule has 0 aliphatic carbocycles. The molecule has 2 aromatic heterocycles. The van der Waals surface area contributed by atoms with Crippen molar-refractivity contribution < 1.29 is 9.21 Å². The van der Waals surface area contributed by atoms with Gasteiger partial charge in [0.25, 0.3) is 0 Å². The zero-order valence-electron chi connectivity index (χ0n) is 12.8. The van der Waals surface area contributed by atoms with E-state index in [9.17, 15) is 4.79 Å². The third kappa shape index (κ3) is 3.95. The summed E-state index contributed by atoms with van der Waals surface area (Å²) in [7, 11) is 0. The molecular formula is C16H16N4O2S. The molecule has 2 amide bonds. The van der Waals surface area contributed by atoms with Crippen molar-refractivity contribution in [1.29, 1.82) is 0 Å². The summed E-state index contributed by atoms with van der Waals surface area (Å²) in [6.07, 6.45) is 0.535. The van der Waals surface area contributed by atoms with Crippen molar-refractivity contribution in [3.8, 4) is 0 Å². The Bertz CT molecular complexity index is 811. The Labute approximate surface area is 137 Å². The van der Waals surface area contributed by atoms with Crippen LogP contribution in [0, 0.1) is 13.8 Å². The van der Waals surface area contributed by atoms with Gasteiger partial charge in [0, 0.05) is 0 Å². The van der Waals surface area contributed by atoms with Crippen LogP contribution < -0.4 is 10.6 Å². The normalized spacial score (nSPS) is 10.5. The first kappa shape index (κ1) is 15.2. The lowest BCUT2D eigenvalue weighted by molar-refractivity contribution is 0.261. The van der Waals surface area contributed by atoms with Gasteiger partial charge < -0.3 is 4.42 Å². The highest BCUT2D eigenvalue weighted by atomic mass is 32.1. The number of nitrogens with zero attached hydrogens (tertiary/aromatic N) is 2. The molecule has 0 aliphatic heterocycles. The number of benzene rings is 1. The summed E-state index contributed by atoms with van der Waals surface area (Å²) in [5.74, 6) is 0.461. The molecule has 0 saturated carbocycles. The second kappa shape index (κ2) is 6.62. The lowest BCUT2D eigenvalue weighted by Gasteiger charge is -2.04. The highest BCUT2D eigenvalue weighted by Crippen LogP contribution is 2.17. The Balaban J connectivity index is 1.62. The minimum absolute atomic E-state index is 0.0822. The highest BCUT2D eigenvalue weighted by Gasteiger charge is 2.11. The molecule has 6 nitrogen and oxygen atoms in total. The third-order valence-electron chi connectivity index (χ3n) is 3.28. The van der Waals surface area contributed by atoms with Gasteiger partial charge >= 0.3 is 12.0 Å². The summed E-state index contributed by atoms with van der Waals surface area (Å²) < 4.78 is 5.47. The van der Waals surface area contributed by atoms with Gasteiger partial charge in [-0.05, 0) is 42.5 Å². The summed E-state index contributed by atoms with van der Waals surface area (Å²) in [6.45, 7) is 4.10. The number of rotatable bonds is 4. The van der Waals surface area contributed by atoms with Crippen molar-refractivity contribution >= 4 is 28.4 Å². The minimum Gasteiger partial charge on any atom is -0.407 e. The Morgan fingerprint density at radius 3 is 2.83 bits per heavy atom. The molecule has 3 rings (SSSR count). The van der Waals surface area contributed by atoms with E-state index in [0.717, 1.165) is 10.6 Å². The summed E-state index contributed by atoms with van der Waals surface area (Å²) in [6, 6.07) is 9.54. The van der Waals surface area contributed by atoms with Gasteiger partial charge in [0.2, 0.25) is 5.89 Å². The number of hydrogen-bond donors (Lipinski definition) is 2. The molecule has 0 fully saturated rings. The molecule has 0 radical (unpaired) electrons. The van der Waals surface area contributed by atoms with E-state index in [-0.39, 0.29) is 6.01 Å². The van der Waals surface area contributed by atoms with Crippen LogP contribution in [0.3, 0.4) is 0 Å². The number of nitrogens with one attached hydrogen (secondary N) is 2. The predicted octanol–water partition coefficient (Wildman–Crippen LogP) is 3.98. The zero-order chi connectivity index (χ0) is 16.2. The second-order valence-electron chi connectivity index (χ2n) is 5.16. The Hall–Kier alpha value is -2.67. The number of anilines is 2. The van der Waals surface area contributed by atoms with Crippen LogP contribution in [-0.2, 0) is 6.42 Å². The number of aryl methyl sites for hydroxylation is 2. The Kier molecular flexibility index (Phi) is 4.38. The number of hydrogen-bond acceptors (Lipinski definition) is 5. The van der Waals surface area contributed by atoms with E-state index in [1.54, 1.807) is 0 Å². The van der Waals surface area contributed by atoms with E-state index < -0.39 is 6.03 Å². The fraction of sp³-hybridized carbons (Fsp3) is 0.188. The van der Waals surface area contributed by atoms with E-state index in [4.69, 9.17) is 4.42 Å². The molecule has 0 spiro atoms. The fourth-order valence-corrected chi connectivity index (χ4v) is 2.79. The predicted molar refractivity (Wildman–Crippen MR) is 90.0 cm³/mol. The monoisotopic (exact) mass is 328 g/mol. The average Bonchev–Trinajstić information content (AvgIpc) is 3.14. The lowest BCUT2D eigenvalue weighted by Crippen LogP contribution is -2.18. The first-order chi connectivity index (χ1) is 11.1. The fourth-order valence-electron chi connectivity index (χ4n) is 2.17. The zero-order valence-corrected chi connectivity index (χ0v) is 13.6. The Morgan fingerprint density at radius 1 is 1.22 bits per heavy atom. The largest absolute Gasteiger partial charge is 0.407 e. The molecule has 7 heteroatoms. The molecular weight excluding hydrogens is 312 g/mol. The van der Waals surface area contributed by atoms with Gasteiger partial charge in [0.15, 0.2) is 0 Å². The van der Waals surface area contributed by atoms with Crippen LogP contribution in [0.1, 0.15) is 22.6 Å². The van der Waals surface area contributed by atoms with Gasteiger partial charge in [-0.2, -0.15) is 0 Å². The van der Waals surface area contributed by atoms with Crippen LogP contribution in [0.2, 0.25) is 0 Å². The maximum absolute atomic E-state index is 11.8. The third-order valence-corrected chi connectivity index (χ3v) is 4.07. The molecule has 3 aromatic rings. The van der Waals surface area contributed by atoms with E-state index in [1.807, 2.05) is 36.6 Å². The second-order valence-corrected chi connectivity index (χ2v) is 6.11. The molecule has 0 bridgehead atoms. The van der Waals surface area contributed by atoms with Crippen molar-refractivity contribution in [3.05, 3.63) is 58.3 Å². The van der Waals surface area contributed by atoms with E-state index in [0.29, 0.717) is 12.3 Å². The molecule has 2 heterocycles. The Morgan fingerprint density at radius 2 is 2.09 bits per heavy atom. The maximum atomic E-state index is 11.8. The summed E-state index contributed by atoms with van der Waals surface area (Å²) in [4.78, 5) is 11.8. The molecule has 0 aliphatic rings. The molecule has 2 N–H and O–H groups in total. The van der Waals surface area contributed by atoms with Crippen LogP contribution in [0.15, 0.2) is 40.1 Å². The standard InChI is InChI=1S/C16H16N4O2S/c1-10-5-6-12(11(2)8-10)9-13-19-20-16(22-13)18-15(21)17-14-4-3-7-23-14/h3-8H,9H2,1-2H3,(H2,17,18,20,21). The van der Waals surface area contributed by atoms with Gasteiger partial charge in [0.05, 0.1) is 11.4 Å². The van der Waals surface area contributed by atoms with Crippen molar-refractivity contribution in [2.75, 3.05) is 10.6 Å². The first-order valence-electron chi connectivity index (χ1n) is 7.10. The average molecular weight is 328 g/mol. The highest BCUT2D eigenvalue weighted by molar-refractivity contribution is 7.14. The number of carbonyl (C=O) groups excluding carboxylic acids is 1. The van der Waals surface area contributed by atoms with Crippen molar-refractivity contribution in [2.45, 2.75) is 20.3 Å². The van der Waals surface area contributed by atoms with Gasteiger partial charge in [-0.1, -0.05) is 28.9 Å². The van der Waals surface area contributed by atoms with Gasteiger partial charge in [0.1, 0.15) is 0 Å². The lowest BCUT2D eigenvalue weighted by atomic mass is 10.0. The number of aromatic nitrogens is 2. The van der Waals surface area contributed by atoms with Crippen molar-refractivity contribution in [1.82, 2.24) is 10.2 Å². The summed E-state index contributed by atoms with van der Waals surface area (Å²) >= 11 is 1.43. The summed E-state index contributed by atoms with van der Waals surface area (Å²) in [5.41, 5.74) is 3.51. The van der Waals surface area contributed by atoms with Crippen LogP contribution in [0.25, 0.3) is 0 Å². The molecule has 0 saturated heterocycles. The van der Waals surface area contributed by atoms with Gasteiger partial charge in [-0.15, -0.1) is 16.4 Å². The molecule has 0 atom stereocenters. The van der Waals surface area contributed by atoms with Crippen LogP contribution in [0.4, 0.5) is 15.8 Å². The summed E-state index contributed by atoms with van der Waals surface area (Å²) in [5, 5.41) is 15.7. The quantitative estimate of drug-likeness (QED) is 0.759. The van der Waals surface area contributed by atoms with Gasteiger partial charge in [-0.25, -0.2) is 4.79 Å². The maximum Gasteiger partial charge on any atom is 0.327 e. The van der Waals surface area contributed by atoms with E-state index in [2.05, 4.69) is 33.8 Å². The first-order valence-corrected chi connectivity index (χ1v) is 7.98. The minimum atomic E-state index is -0.408. The van der Waals surface area contributed by atoms with E-state index in [1.165, 1.54) is 22.5 Å². The van der Waals surface area contributed by atoms with E-state index >= 15 is 0 Å². The molecule has 118 valence electrons. The number of carbonyl (C=O) groups is 1. The molecule has 1 aromatic carbocycles. The van der Waals surface area contributed by atoms with Gasteiger partial charge in [-0.3, -0.25) is 10.6 Å². The SMILES string of the molecule is Cc1ccc(Cc2nnc(NC(=O)Nc3cccs3)o2)c(C)c1. The van der Waals surface area contributed by atoms with Crippen molar-refractivity contribution in [3.63, 3.8) is 0 Å². The smallest absolute Gasteiger partial charge is 0.327 e. The van der Waals surface area contributed by atoms with Crippen LogP contribution >= 0.6 is 11.3 Å². The number of amides is 2. The number of urea groups is 1.